The molecule has 8 heteroatoms. The maximum Gasteiger partial charge on any atom is 0.416 e. The van der Waals surface area contributed by atoms with Crippen molar-refractivity contribution in [3.05, 3.63) is 35.4 Å². The van der Waals surface area contributed by atoms with Gasteiger partial charge in [0, 0.05) is 0 Å². The van der Waals surface area contributed by atoms with Crippen LogP contribution in [0.1, 0.15) is 37.5 Å². The van der Waals surface area contributed by atoms with Crippen molar-refractivity contribution in [2.24, 2.45) is 11.7 Å². The minimum Gasteiger partial charge on any atom is -0.378 e. The van der Waals surface area contributed by atoms with Gasteiger partial charge in [0.2, 0.25) is 5.91 Å². The first-order valence-electron chi connectivity index (χ1n) is 7.02. The van der Waals surface area contributed by atoms with Crippen LogP contribution in [0.2, 0.25) is 0 Å². The van der Waals surface area contributed by atoms with Gasteiger partial charge >= 0.3 is 6.18 Å². The number of nitrogens with one attached hydrogen (secondary N) is 1. The number of hydrogen-bond acceptors (Lipinski definition) is 3. The first kappa shape index (κ1) is 19.0. The Hall–Kier alpha value is -2.09. The SMILES string of the molecule is CC[C@H](C)[C@H](NC(=O)[C@H](O)c1ccc(C(F)(F)F)cc1)C(N)=O. The summed E-state index contributed by atoms with van der Waals surface area (Å²) in [6.45, 7) is 3.51. The number of benzene rings is 1. The molecular weight excluding hydrogens is 313 g/mol. The van der Waals surface area contributed by atoms with E-state index in [0.29, 0.717) is 6.42 Å². The second-order valence-corrected chi connectivity index (χ2v) is 5.30. The average Bonchev–Trinajstić information content (AvgIpc) is 2.49. The van der Waals surface area contributed by atoms with Gasteiger partial charge in [-0.05, 0) is 23.6 Å². The minimum atomic E-state index is -4.50. The van der Waals surface area contributed by atoms with Crippen molar-refractivity contribution >= 4 is 11.8 Å². The molecule has 0 heterocycles. The molecule has 0 unspecified atom stereocenters. The van der Waals surface area contributed by atoms with Gasteiger partial charge in [0.05, 0.1) is 5.56 Å². The predicted molar refractivity (Wildman–Crippen MR) is 77.0 cm³/mol. The predicted octanol–water partition coefficient (Wildman–Crippen LogP) is 1.76. The lowest BCUT2D eigenvalue weighted by Crippen LogP contribution is -2.49. The van der Waals surface area contributed by atoms with Crippen LogP contribution in [-0.4, -0.2) is 23.0 Å². The highest BCUT2D eigenvalue weighted by atomic mass is 19.4. The monoisotopic (exact) mass is 332 g/mol. The first-order chi connectivity index (χ1) is 10.6. The van der Waals surface area contributed by atoms with E-state index in [1.54, 1.807) is 13.8 Å². The van der Waals surface area contributed by atoms with Crippen molar-refractivity contribution in [1.82, 2.24) is 5.32 Å². The molecule has 1 aromatic rings. The summed E-state index contributed by atoms with van der Waals surface area (Å²) in [5.74, 6) is -1.88. The summed E-state index contributed by atoms with van der Waals surface area (Å²) in [6.07, 6.45) is -5.62. The van der Waals surface area contributed by atoms with Gasteiger partial charge in [0.15, 0.2) is 6.10 Å². The lowest BCUT2D eigenvalue weighted by Gasteiger charge is -2.22. The second-order valence-electron chi connectivity index (χ2n) is 5.30. The Morgan fingerprint density at radius 1 is 1.26 bits per heavy atom. The van der Waals surface area contributed by atoms with E-state index >= 15 is 0 Å². The van der Waals surface area contributed by atoms with Crippen molar-refractivity contribution in [2.45, 2.75) is 38.6 Å². The molecule has 5 nitrogen and oxygen atoms in total. The molecule has 0 aliphatic heterocycles. The number of nitrogens with two attached hydrogens (primary N) is 1. The summed E-state index contributed by atoms with van der Waals surface area (Å²) in [5.41, 5.74) is 4.31. The summed E-state index contributed by atoms with van der Waals surface area (Å²) in [4.78, 5) is 23.3. The van der Waals surface area contributed by atoms with Crippen molar-refractivity contribution in [2.75, 3.05) is 0 Å². The number of aliphatic hydroxyl groups excluding tert-OH is 1. The fourth-order valence-corrected chi connectivity index (χ4v) is 1.97. The Labute approximate surface area is 131 Å². The summed E-state index contributed by atoms with van der Waals surface area (Å²) in [6, 6.07) is 2.60. The van der Waals surface area contributed by atoms with Gasteiger partial charge in [-0.1, -0.05) is 32.4 Å². The molecule has 1 rings (SSSR count). The van der Waals surface area contributed by atoms with E-state index in [2.05, 4.69) is 5.32 Å². The molecule has 0 fully saturated rings. The lowest BCUT2D eigenvalue weighted by molar-refractivity contribution is -0.137. The molecule has 0 radical (unpaired) electrons. The third-order valence-electron chi connectivity index (χ3n) is 3.62. The number of aliphatic hydroxyl groups is 1. The first-order valence-corrected chi connectivity index (χ1v) is 7.02. The molecule has 0 bridgehead atoms. The zero-order valence-electron chi connectivity index (χ0n) is 12.7. The molecule has 128 valence electrons. The number of carbonyl (C=O) groups is 2. The van der Waals surface area contributed by atoms with Gasteiger partial charge in [0.25, 0.3) is 5.91 Å². The molecule has 23 heavy (non-hydrogen) atoms. The van der Waals surface area contributed by atoms with E-state index < -0.39 is 35.7 Å². The van der Waals surface area contributed by atoms with Crippen molar-refractivity contribution in [3.63, 3.8) is 0 Å². The number of amides is 2. The van der Waals surface area contributed by atoms with E-state index in [4.69, 9.17) is 5.73 Å². The minimum absolute atomic E-state index is 0.0112. The van der Waals surface area contributed by atoms with Gasteiger partial charge in [-0.2, -0.15) is 13.2 Å². The summed E-state index contributed by atoms with van der Waals surface area (Å²) in [5, 5.41) is 12.2. The quantitative estimate of drug-likeness (QED) is 0.741. The molecule has 2 amide bonds. The second kappa shape index (κ2) is 7.45. The molecule has 0 saturated heterocycles. The lowest BCUT2D eigenvalue weighted by atomic mass is 9.98. The van der Waals surface area contributed by atoms with E-state index in [1.807, 2.05) is 0 Å². The van der Waals surface area contributed by atoms with Crippen LogP contribution >= 0.6 is 0 Å². The highest BCUT2D eigenvalue weighted by molar-refractivity contribution is 5.89. The molecule has 0 saturated carbocycles. The van der Waals surface area contributed by atoms with Gasteiger partial charge in [-0.25, -0.2) is 0 Å². The molecule has 0 aliphatic rings. The number of alkyl halides is 3. The zero-order valence-corrected chi connectivity index (χ0v) is 12.7. The Bertz CT molecular complexity index is 558. The van der Waals surface area contributed by atoms with Gasteiger partial charge < -0.3 is 16.2 Å². The Morgan fingerprint density at radius 2 is 1.78 bits per heavy atom. The Morgan fingerprint density at radius 3 is 2.17 bits per heavy atom. The van der Waals surface area contributed by atoms with E-state index in [9.17, 15) is 27.9 Å². The number of halogens is 3. The third-order valence-corrected chi connectivity index (χ3v) is 3.62. The van der Waals surface area contributed by atoms with Crippen LogP contribution in [0.15, 0.2) is 24.3 Å². The Kier molecular flexibility index (Phi) is 6.14. The maximum atomic E-state index is 12.5. The van der Waals surface area contributed by atoms with Gasteiger partial charge in [0.1, 0.15) is 6.04 Å². The molecule has 3 atom stereocenters. The number of rotatable bonds is 6. The van der Waals surface area contributed by atoms with Gasteiger partial charge in [-0.15, -0.1) is 0 Å². The standard InChI is InChI=1S/C15H19F3N2O3/c1-3-8(2)11(13(19)22)20-14(23)12(21)9-4-6-10(7-5-9)15(16,17)18/h4-8,11-12,21H,3H2,1-2H3,(H2,19,22)(H,20,23)/t8-,11-,12+/m0/s1. The third kappa shape index (κ3) is 4.95. The fourth-order valence-electron chi connectivity index (χ4n) is 1.97. The van der Waals surface area contributed by atoms with E-state index in [-0.39, 0.29) is 11.5 Å². The summed E-state index contributed by atoms with van der Waals surface area (Å²) in [7, 11) is 0. The van der Waals surface area contributed by atoms with Crippen LogP contribution in [0.25, 0.3) is 0 Å². The van der Waals surface area contributed by atoms with Crippen LogP contribution in [0.4, 0.5) is 13.2 Å². The van der Waals surface area contributed by atoms with Crippen LogP contribution < -0.4 is 11.1 Å². The van der Waals surface area contributed by atoms with Gasteiger partial charge in [-0.3, -0.25) is 9.59 Å². The zero-order chi connectivity index (χ0) is 17.8. The van der Waals surface area contributed by atoms with Crippen molar-refractivity contribution in [1.29, 1.82) is 0 Å². The summed E-state index contributed by atoms with van der Waals surface area (Å²) < 4.78 is 37.4. The molecule has 0 aliphatic carbocycles. The van der Waals surface area contributed by atoms with Crippen LogP contribution in [-0.2, 0) is 15.8 Å². The topological polar surface area (TPSA) is 92.4 Å². The van der Waals surface area contributed by atoms with Crippen LogP contribution in [0, 0.1) is 5.92 Å². The highest BCUT2D eigenvalue weighted by Crippen LogP contribution is 2.30. The maximum absolute atomic E-state index is 12.5. The van der Waals surface area contributed by atoms with Crippen LogP contribution in [0.5, 0.6) is 0 Å². The molecule has 0 aromatic heterocycles. The number of carbonyl (C=O) groups excluding carboxylic acids is 2. The summed E-state index contributed by atoms with van der Waals surface area (Å²) >= 11 is 0. The normalized spacial score (nSPS) is 15.6. The smallest absolute Gasteiger partial charge is 0.378 e. The van der Waals surface area contributed by atoms with E-state index in [0.717, 1.165) is 24.3 Å². The van der Waals surface area contributed by atoms with Crippen molar-refractivity contribution < 1.29 is 27.9 Å². The fraction of sp³-hybridized carbons (Fsp3) is 0.467. The van der Waals surface area contributed by atoms with E-state index in [1.165, 1.54) is 0 Å². The van der Waals surface area contributed by atoms with Crippen molar-refractivity contribution in [3.8, 4) is 0 Å². The molecular formula is C15H19F3N2O3. The molecule has 1 aromatic carbocycles. The number of primary amides is 1. The Balaban J connectivity index is 2.85. The molecule has 4 N–H and O–H groups in total. The highest BCUT2D eigenvalue weighted by Gasteiger charge is 2.31. The number of hydrogen-bond donors (Lipinski definition) is 3. The largest absolute Gasteiger partial charge is 0.416 e. The van der Waals surface area contributed by atoms with Crippen LogP contribution in [0.3, 0.4) is 0 Å². The molecule has 0 spiro atoms. The average molecular weight is 332 g/mol.